The summed E-state index contributed by atoms with van der Waals surface area (Å²) < 4.78 is 5.68. The number of hydrogen-bond donors (Lipinski definition) is 2. The summed E-state index contributed by atoms with van der Waals surface area (Å²) in [5.74, 6) is 1.43. The van der Waals surface area contributed by atoms with Gasteiger partial charge in [0.05, 0.1) is 12.2 Å². The van der Waals surface area contributed by atoms with E-state index in [1.54, 1.807) is 13.8 Å². The third-order valence-corrected chi connectivity index (χ3v) is 2.96. The maximum absolute atomic E-state index is 9.42. The minimum atomic E-state index is -0.473. The monoisotopic (exact) mass is 258 g/mol. The first kappa shape index (κ1) is 13.6. The molecule has 3 nitrogen and oxygen atoms in total. The van der Waals surface area contributed by atoms with Gasteiger partial charge in [-0.15, -0.1) is 0 Å². The molecule has 2 aromatic rings. The van der Waals surface area contributed by atoms with Crippen LogP contribution in [0.3, 0.4) is 0 Å². The van der Waals surface area contributed by atoms with E-state index in [4.69, 9.17) is 4.74 Å². The van der Waals surface area contributed by atoms with Crippen LogP contribution in [0.4, 0.5) is 0 Å². The lowest BCUT2D eigenvalue weighted by Gasteiger charge is -2.09. The van der Waals surface area contributed by atoms with E-state index in [2.05, 4.69) is 0 Å². The smallest absolute Gasteiger partial charge is 0.127 e. The predicted octanol–water partition coefficient (Wildman–Crippen LogP) is 3.59. The Morgan fingerprint density at radius 3 is 1.26 bits per heavy atom. The maximum Gasteiger partial charge on any atom is 0.127 e. The third kappa shape index (κ3) is 3.56. The molecule has 0 radical (unpaired) electrons. The maximum atomic E-state index is 9.42. The minimum absolute atomic E-state index is 0.473. The SMILES string of the molecule is C[C@@H](O)c1ccc(Oc2ccc([C@@H](C)O)cc2)cc1. The van der Waals surface area contributed by atoms with Crippen LogP contribution in [0.5, 0.6) is 11.5 Å². The number of rotatable bonds is 4. The Balaban J connectivity index is 2.08. The lowest BCUT2D eigenvalue weighted by atomic mass is 10.1. The van der Waals surface area contributed by atoms with Crippen molar-refractivity contribution in [2.24, 2.45) is 0 Å². The second-order valence-electron chi connectivity index (χ2n) is 4.59. The van der Waals surface area contributed by atoms with Crippen LogP contribution in [-0.2, 0) is 0 Å². The summed E-state index contributed by atoms with van der Waals surface area (Å²) in [5, 5.41) is 18.8. The molecule has 2 atom stereocenters. The van der Waals surface area contributed by atoms with Gasteiger partial charge in [0.15, 0.2) is 0 Å². The van der Waals surface area contributed by atoms with Gasteiger partial charge in [-0.05, 0) is 49.2 Å². The molecule has 0 spiro atoms. The summed E-state index contributed by atoms with van der Waals surface area (Å²) in [7, 11) is 0. The van der Waals surface area contributed by atoms with Crippen LogP contribution in [-0.4, -0.2) is 10.2 Å². The molecule has 0 saturated heterocycles. The molecule has 0 aliphatic heterocycles. The van der Waals surface area contributed by atoms with Crippen molar-refractivity contribution in [1.29, 1.82) is 0 Å². The van der Waals surface area contributed by atoms with Crippen LogP contribution in [0.2, 0.25) is 0 Å². The third-order valence-electron chi connectivity index (χ3n) is 2.96. The molecule has 0 aliphatic rings. The van der Waals surface area contributed by atoms with Gasteiger partial charge < -0.3 is 14.9 Å². The molecule has 2 rings (SSSR count). The summed E-state index contributed by atoms with van der Waals surface area (Å²) in [4.78, 5) is 0. The molecule has 2 N–H and O–H groups in total. The first-order chi connectivity index (χ1) is 9.06. The molecule has 3 heteroatoms. The van der Waals surface area contributed by atoms with Crippen molar-refractivity contribution in [3.05, 3.63) is 59.7 Å². The highest BCUT2D eigenvalue weighted by Crippen LogP contribution is 2.24. The van der Waals surface area contributed by atoms with Crippen molar-refractivity contribution in [3.8, 4) is 11.5 Å². The number of aliphatic hydroxyl groups is 2. The summed E-state index contributed by atoms with van der Waals surface area (Å²) in [6, 6.07) is 14.6. The first-order valence-electron chi connectivity index (χ1n) is 6.30. The second-order valence-corrected chi connectivity index (χ2v) is 4.59. The van der Waals surface area contributed by atoms with E-state index in [-0.39, 0.29) is 0 Å². The summed E-state index contributed by atoms with van der Waals surface area (Å²) in [5.41, 5.74) is 1.72. The number of hydrogen-bond acceptors (Lipinski definition) is 3. The normalized spacial score (nSPS) is 13.9. The summed E-state index contributed by atoms with van der Waals surface area (Å²) >= 11 is 0. The van der Waals surface area contributed by atoms with Crippen molar-refractivity contribution < 1.29 is 14.9 Å². The highest BCUT2D eigenvalue weighted by atomic mass is 16.5. The Morgan fingerprint density at radius 1 is 0.684 bits per heavy atom. The van der Waals surface area contributed by atoms with E-state index in [1.165, 1.54) is 0 Å². The van der Waals surface area contributed by atoms with E-state index in [9.17, 15) is 10.2 Å². The molecule has 100 valence electrons. The Labute approximate surface area is 113 Å². The molecule has 0 heterocycles. The predicted molar refractivity (Wildman–Crippen MR) is 74.2 cm³/mol. The highest BCUT2D eigenvalue weighted by Gasteiger charge is 2.03. The van der Waals surface area contributed by atoms with Gasteiger partial charge >= 0.3 is 0 Å². The van der Waals surface area contributed by atoms with Crippen LogP contribution in [0.25, 0.3) is 0 Å². The fourth-order valence-corrected chi connectivity index (χ4v) is 1.76. The van der Waals surface area contributed by atoms with E-state index >= 15 is 0 Å². The van der Waals surface area contributed by atoms with Crippen LogP contribution in [0.1, 0.15) is 37.2 Å². The summed E-state index contributed by atoms with van der Waals surface area (Å²) in [6.07, 6.45) is -0.946. The van der Waals surface area contributed by atoms with Gasteiger partial charge in [-0.25, -0.2) is 0 Å². The second kappa shape index (κ2) is 5.87. The lowest BCUT2D eigenvalue weighted by Crippen LogP contribution is -1.92. The van der Waals surface area contributed by atoms with Crippen LogP contribution in [0.15, 0.2) is 48.5 Å². The van der Waals surface area contributed by atoms with Crippen LogP contribution in [0, 0.1) is 0 Å². The fraction of sp³-hybridized carbons (Fsp3) is 0.250. The Morgan fingerprint density at radius 2 is 1.00 bits per heavy atom. The Bertz CT molecular complexity index is 463. The van der Waals surface area contributed by atoms with Gasteiger partial charge in [-0.2, -0.15) is 0 Å². The Hall–Kier alpha value is -1.84. The van der Waals surface area contributed by atoms with Crippen molar-refractivity contribution in [3.63, 3.8) is 0 Å². The first-order valence-corrected chi connectivity index (χ1v) is 6.30. The molecule has 0 aliphatic carbocycles. The van der Waals surface area contributed by atoms with Gasteiger partial charge in [0.2, 0.25) is 0 Å². The largest absolute Gasteiger partial charge is 0.457 e. The van der Waals surface area contributed by atoms with Crippen molar-refractivity contribution in [1.82, 2.24) is 0 Å². The van der Waals surface area contributed by atoms with Crippen molar-refractivity contribution in [2.75, 3.05) is 0 Å². The zero-order valence-electron chi connectivity index (χ0n) is 11.1. The minimum Gasteiger partial charge on any atom is -0.457 e. The van der Waals surface area contributed by atoms with Gasteiger partial charge in [-0.1, -0.05) is 24.3 Å². The van der Waals surface area contributed by atoms with Crippen molar-refractivity contribution >= 4 is 0 Å². The van der Waals surface area contributed by atoms with E-state index < -0.39 is 12.2 Å². The van der Waals surface area contributed by atoms with E-state index in [0.29, 0.717) is 11.5 Å². The average molecular weight is 258 g/mol. The molecule has 0 fully saturated rings. The lowest BCUT2D eigenvalue weighted by molar-refractivity contribution is 0.199. The zero-order valence-corrected chi connectivity index (χ0v) is 11.1. The van der Waals surface area contributed by atoms with E-state index in [0.717, 1.165) is 11.1 Å². The molecule has 0 bridgehead atoms. The molecule has 0 aromatic heterocycles. The van der Waals surface area contributed by atoms with E-state index in [1.807, 2.05) is 48.5 Å². The molecule has 0 unspecified atom stereocenters. The van der Waals surface area contributed by atoms with Gasteiger partial charge in [0.1, 0.15) is 11.5 Å². The standard InChI is InChI=1S/C16H18O3/c1-11(17)13-3-7-15(8-4-13)19-16-9-5-14(6-10-16)12(2)18/h3-12,17-18H,1-2H3/t11-,12-/m1/s1. The molecule has 2 aromatic carbocycles. The highest BCUT2D eigenvalue weighted by molar-refractivity contribution is 5.35. The molecular weight excluding hydrogens is 240 g/mol. The van der Waals surface area contributed by atoms with Crippen molar-refractivity contribution in [2.45, 2.75) is 26.1 Å². The number of benzene rings is 2. The topological polar surface area (TPSA) is 49.7 Å². The number of ether oxygens (including phenoxy) is 1. The molecule has 0 saturated carbocycles. The summed E-state index contributed by atoms with van der Waals surface area (Å²) in [6.45, 7) is 3.45. The molecule has 0 amide bonds. The van der Waals surface area contributed by atoms with Gasteiger partial charge in [0.25, 0.3) is 0 Å². The van der Waals surface area contributed by atoms with Gasteiger partial charge in [0, 0.05) is 0 Å². The number of aliphatic hydroxyl groups excluding tert-OH is 2. The molecular formula is C16H18O3. The Kier molecular flexibility index (Phi) is 4.20. The average Bonchev–Trinajstić information content (AvgIpc) is 2.40. The zero-order chi connectivity index (χ0) is 13.8. The quantitative estimate of drug-likeness (QED) is 0.881. The van der Waals surface area contributed by atoms with Crippen LogP contribution < -0.4 is 4.74 Å². The van der Waals surface area contributed by atoms with Crippen LogP contribution >= 0.6 is 0 Å². The molecule has 19 heavy (non-hydrogen) atoms. The fourth-order valence-electron chi connectivity index (χ4n) is 1.76. The van der Waals surface area contributed by atoms with Gasteiger partial charge in [-0.3, -0.25) is 0 Å².